The zero-order chi connectivity index (χ0) is 13.9. The number of aryl methyl sites for hydroxylation is 2. The lowest BCUT2D eigenvalue weighted by Gasteiger charge is -2.09. The number of rotatable bonds is 3. The molecule has 0 amide bonds. The lowest BCUT2D eigenvalue weighted by Crippen LogP contribution is -2.03. The summed E-state index contributed by atoms with van der Waals surface area (Å²) in [5.74, 6) is -0.0106. The lowest BCUT2D eigenvalue weighted by atomic mass is 10.1. The second-order valence-corrected chi connectivity index (χ2v) is 4.79. The molecule has 2 aromatic rings. The molecule has 0 radical (unpaired) electrons. The summed E-state index contributed by atoms with van der Waals surface area (Å²) >= 11 is 0. The lowest BCUT2D eigenvalue weighted by molar-refractivity contribution is 0.286. The molecule has 3 rings (SSSR count). The molecule has 0 spiro atoms. The van der Waals surface area contributed by atoms with Gasteiger partial charge in [0.15, 0.2) is 0 Å². The molecule has 0 atom stereocenters. The number of nitriles is 1. The maximum absolute atomic E-state index is 13.5. The van der Waals surface area contributed by atoms with Crippen molar-refractivity contribution in [2.45, 2.75) is 25.9 Å². The van der Waals surface area contributed by atoms with Crippen molar-refractivity contribution in [2.75, 3.05) is 0 Å². The molecule has 1 heterocycles. The highest BCUT2D eigenvalue weighted by Gasteiger charge is 2.17. The Labute approximate surface area is 116 Å². The zero-order valence-corrected chi connectivity index (χ0v) is 10.9. The van der Waals surface area contributed by atoms with Crippen molar-refractivity contribution in [1.82, 2.24) is 4.98 Å². The third-order valence-electron chi connectivity index (χ3n) is 3.46. The van der Waals surface area contributed by atoms with E-state index in [2.05, 4.69) is 11.1 Å². The second kappa shape index (κ2) is 5.30. The van der Waals surface area contributed by atoms with E-state index in [1.807, 2.05) is 6.07 Å². The van der Waals surface area contributed by atoms with Gasteiger partial charge in [-0.2, -0.15) is 5.26 Å². The summed E-state index contributed by atoms with van der Waals surface area (Å²) in [5, 5.41) is 9.16. The Morgan fingerprint density at radius 2 is 2.15 bits per heavy atom. The summed E-state index contributed by atoms with van der Waals surface area (Å²) in [7, 11) is 0. The molecule has 4 heteroatoms. The van der Waals surface area contributed by atoms with Crippen molar-refractivity contribution in [2.24, 2.45) is 0 Å². The molecule has 0 fully saturated rings. The molecule has 0 bridgehead atoms. The van der Waals surface area contributed by atoms with Gasteiger partial charge in [-0.3, -0.25) is 0 Å². The van der Waals surface area contributed by atoms with Crippen molar-refractivity contribution >= 4 is 0 Å². The first-order chi connectivity index (χ1) is 9.78. The average molecular weight is 268 g/mol. The molecule has 1 aromatic heterocycles. The van der Waals surface area contributed by atoms with E-state index in [9.17, 15) is 4.39 Å². The van der Waals surface area contributed by atoms with Crippen LogP contribution in [0.4, 0.5) is 4.39 Å². The number of aromatic nitrogens is 1. The predicted octanol–water partition coefficient (Wildman–Crippen LogP) is 3.16. The fraction of sp³-hybridized carbons (Fsp3) is 0.250. The molecule has 1 aromatic carbocycles. The van der Waals surface area contributed by atoms with Crippen molar-refractivity contribution in [3.8, 4) is 11.9 Å². The molecule has 0 saturated carbocycles. The summed E-state index contributed by atoms with van der Waals surface area (Å²) in [4.78, 5) is 4.40. The average Bonchev–Trinajstić information content (AvgIpc) is 2.92. The number of pyridine rings is 1. The number of nitrogens with zero attached hydrogens (tertiary/aromatic N) is 2. The highest BCUT2D eigenvalue weighted by atomic mass is 19.1. The van der Waals surface area contributed by atoms with Crippen LogP contribution in [0.3, 0.4) is 0 Å². The molecular formula is C16H13FN2O. The molecule has 0 N–H and O–H groups in total. The summed E-state index contributed by atoms with van der Waals surface area (Å²) in [6, 6.07) is 10.4. The van der Waals surface area contributed by atoms with Crippen molar-refractivity contribution in [3.63, 3.8) is 0 Å². The molecule has 0 saturated heterocycles. The number of ether oxygens (including phenoxy) is 1. The van der Waals surface area contributed by atoms with Gasteiger partial charge in [0.25, 0.3) is 0 Å². The summed E-state index contributed by atoms with van der Waals surface area (Å²) in [6.07, 6.45) is 2.94. The van der Waals surface area contributed by atoms with Crippen LogP contribution in [0.15, 0.2) is 30.3 Å². The Kier molecular flexibility index (Phi) is 3.34. The van der Waals surface area contributed by atoms with E-state index < -0.39 is 0 Å². The standard InChI is InChI=1S/C16H13FN2O/c17-14-6-2-1-4-12(14)10-20-16-13(9-18)8-11-5-3-7-15(11)19-16/h1-2,4,6,8H,3,5,7,10H2. The number of fused-ring (bicyclic) bond motifs is 1. The van der Waals surface area contributed by atoms with Crippen molar-refractivity contribution in [3.05, 3.63) is 58.5 Å². The van der Waals surface area contributed by atoms with E-state index in [0.717, 1.165) is 30.5 Å². The summed E-state index contributed by atoms with van der Waals surface area (Å²) in [5.41, 5.74) is 2.99. The third-order valence-corrected chi connectivity index (χ3v) is 3.46. The monoisotopic (exact) mass is 268 g/mol. The van der Waals surface area contributed by atoms with E-state index >= 15 is 0 Å². The molecule has 100 valence electrons. The van der Waals surface area contributed by atoms with E-state index in [1.165, 1.54) is 6.07 Å². The molecule has 1 aliphatic carbocycles. The fourth-order valence-corrected chi connectivity index (χ4v) is 2.40. The first-order valence-corrected chi connectivity index (χ1v) is 6.57. The topological polar surface area (TPSA) is 45.9 Å². The molecule has 0 aliphatic heterocycles. The predicted molar refractivity (Wildman–Crippen MR) is 71.7 cm³/mol. The van der Waals surface area contributed by atoms with Gasteiger partial charge in [0.05, 0.1) is 0 Å². The highest BCUT2D eigenvalue weighted by molar-refractivity contribution is 5.44. The van der Waals surface area contributed by atoms with Gasteiger partial charge in [-0.1, -0.05) is 18.2 Å². The molecular weight excluding hydrogens is 255 g/mol. The highest BCUT2D eigenvalue weighted by Crippen LogP contribution is 2.26. The number of hydrogen-bond donors (Lipinski definition) is 0. The largest absolute Gasteiger partial charge is 0.472 e. The van der Waals surface area contributed by atoms with Crippen LogP contribution in [0.2, 0.25) is 0 Å². The first-order valence-electron chi connectivity index (χ1n) is 6.57. The minimum absolute atomic E-state index is 0.0765. The van der Waals surface area contributed by atoms with Crippen LogP contribution in [-0.4, -0.2) is 4.98 Å². The van der Waals surface area contributed by atoms with E-state index in [0.29, 0.717) is 17.0 Å². The minimum atomic E-state index is -0.313. The number of halogens is 1. The van der Waals surface area contributed by atoms with Gasteiger partial charge in [0, 0.05) is 11.3 Å². The maximum atomic E-state index is 13.5. The van der Waals surface area contributed by atoms with Gasteiger partial charge in [-0.05, 0) is 37.0 Å². The van der Waals surface area contributed by atoms with E-state index in [4.69, 9.17) is 10.00 Å². The van der Waals surface area contributed by atoms with Crippen LogP contribution in [0.25, 0.3) is 0 Å². The van der Waals surface area contributed by atoms with Crippen LogP contribution in [-0.2, 0) is 19.4 Å². The normalized spacial score (nSPS) is 12.8. The van der Waals surface area contributed by atoms with Crippen molar-refractivity contribution in [1.29, 1.82) is 5.26 Å². The minimum Gasteiger partial charge on any atom is -0.472 e. The van der Waals surface area contributed by atoms with E-state index in [1.54, 1.807) is 18.2 Å². The summed E-state index contributed by atoms with van der Waals surface area (Å²) < 4.78 is 19.1. The van der Waals surface area contributed by atoms with Crippen molar-refractivity contribution < 1.29 is 9.13 Å². The van der Waals surface area contributed by atoms with Gasteiger partial charge in [-0.15, -0.1) is 0 Å². The maximum Gasteiger partial charge on any atom is 0.232 e. The Hall–Kier alpha value is -2.41. The second-order valence-electron chi connectivity index (χ2n) is 4.79. The SMILES string of the molecule is N#Cc1cc2c(nc1OCc1ccccc1F)CCC2. The van der Waals surface area contributed by atoms with Gasteiger partial charge < -0.3 is 4.74 Å². The van der Waals surface area contributed by atoms with Crippen LogP contribution in [0.5, 0.6) is 5.88 Å². The third kappa shape index (κ3) is 2.35. The van der Waals surface area contributed by atoms with Crippen LogP contribution in [0, 0.1) is 17.1 Å². The van der Waals surface area contributed by atoms with Gasteiger partial charge >= 0.3 is 0 Å². The Morgan fingerprint density at radius 3 is 2.95 bits per heavy atom. The quantitative estimate of drug-likeness (QED) is 0.859. The van der Waals surface area contributed by atoms with Crippen LogP contribution < -0.4 is 4.74 Å². The Balaban J connectivity index is 1.84. The van der Waals surface area contributed by atoms with Crippen LogP contribution in [0.1, 0.15) is 28.8 Å². The molecule has 3 nitrogen and oxygen atoms in total. The number of hydrogen-bond acceptors (Lipinski definition) is 3. The fourth-order valence-electron chi connectivity index (χ4n) is 2.40. The van der Waals surface area contributed by atoms with Crippen LogP contribution >= 0.6 is 0 Å². The smallest absolute Gasteiger partial charge is 0.232 e. The van der Waals surface area contributed by atoms with Gasteiger partial charge in [0.2, 0.25) is 5.88 Å². The Bertz CT molecular complexity index is 691. The zero-order valence-electron chi connectivity index (χ0n) is 10.9. The molecule has 1 aliphatic rings. The van der Waals surface area contributed by atoms with Gasteiger partial charge in [0.1, 0.15) is 24.1 Å². The van der Waals surface area contributed by atoms with Gasteiger partial charge in [-0.25, -0.2) is 9.37 Å². The first kappa shape index (κ1) is 12.6. The number of benzene rings is 1. The molecule has 0 unspecified atom stereocenters. The molecule has 20 heavy (non-hydrogen) atoms. The summed E-state index contributed by atoms with van der Waals surface area (Å²) in [6.45, 7) is 0.0765. The van der Waals surface area contributed by atoms with E-state index in [-0.39, 0.29) is 12.4 Å². The Morgan fingerprint density at radius 1 is 1.30 bits per heavy atom.